The minimum Gasteiger partial charge on any atom is -0.463 e. The number of nitrogens with one attached hydrogen (secondary N) is 2. The number of carbonyl (C=O) groups is 3. The number of urea groups is 1. The van der Waals surface area contributed by atoms with Gasteiger partial charge in [-0.25, -0.2) is 9.59 Å². The number of carbonyl (C=O) groups excluding carboxylic acids is 3. The Morgan fingerprint density at radius 3 is 2.46 bits per heavy atom. The van der Waals surface area contributed by atoms with E-state index in [-0.39, 0.29) is 47.7 Å². The lowest BCUT2D eigenvalue weighted by atomic mass is 10.0. The second-order valence-corrected chi connectivity index (χ2v) is 7.61. The summed E-state index contributed by atoms with van der Waals surface area (Å²) >= 11 is 0. The molecule has 2 amide bonds. The lowest BCUT2D eigenvalue weighted by Crippen LogP contribution is -2.50. The van der Waals surface area contributed by atoms with Crippen molar-refractivity contribution in [2.75, 3.05) is 13.2 Å². The van der Waals surface area contributed by atoms with Gasteiger partial charge in [-0.1, -0.05) is 25.5 Å². The minimum atomic E-state index is -0.535. The molecule has 1 saturated carbocycles. The summed E-state index contributed by atoms with van der Waals surface area (Å²) in [5.74, 6) is -0.944. The Kier molecular flexibility index (Phi) is 5.78. The number of esters is 2. The summed E-state index contributed by atoms with van der Waals surface area (Å²) in [5.41, 5.74) is 1.54. The van der Waals surface area contributed by atoms with Crippen molar-refractivity contribution in [1.82, 2.24) is 10.6 Å². The highest BCUT2D eigenvalue weighted by Crippen LogP contribution is 2.59. The van der Waals surface area contributed by atoms with Gasteiger partial charge in [0.1, 0.15) is 6.61 Å². The van der Waals surface area contributed by atoms with Crippen molar-refractivity contribution < 1.29 is 23.9 Å². The van der Waals surface area contributed by atoms with Gasteiger partial charge in [-0.3, -0.25) is 4.79 Å². The molecule has 0 spiro atoms. The fourth-order valence-electron chi connectivity index (χ4n) is 3.42. The third-order valence-corrected chi connectivity index (χ3v) is 4.90. The molecule has 144 valence electrons. The van der Waals surface area contributed by atoms with Gasteiger partial charge in [0.05, 0.1) is 29.8 Å². The molecule has 3 atom stereocenters. The van der Waals surface area contributed by atoms with Gasteiger partial charge in [-0.2, -0.15) is 0 Å². The molecule has 0 radical (unpaired) electrons. The zero-order chi connectivity index (χ0) is 19.6. The van der Waals surface area contributed by atoms with Crippen molar-refractivity contribution in [1.29, 1.82) is 0 Å². The fraction of sp³-hybridized carbons (Fsp3) is 0.632. The molecular weight excluding hydrogens is 336 g/mol. The summed E-state index contributed by atoms with van der Waals surface area (Å²) in [6.45, 7) is 11.5. The van der Waals surface area contributed by atoms with Crippen LogP contribution < -0.4 is 10.6 Å². The first-order chi connectivity index (χ1) is 12.1. The summed E-state index contributed by atoms with van der Waals surface area (Å²) in [6, 6.07) is -0.960. The van der Waals surface area contributed by atoms with E-state index in [1.165, 1.54) is 0 Å². The van der Waals surface area contributed by atoms with Crippen LogP contribution in [0.1, 0.15) is 41.5 Å². The van der Waals surface area contributed by atoms with Gasteiger partial charge in [-0.05, 0) is 39.0 Å². The summed E-state index contributed by atoms with van der Waals surface area (Å²) in [6.07, 6.45) is 2.09. The van der Waals surface area contributed by atoms with Gasteiger partial charge in [-0.15, -0.1) is 0 Å². The van der Waals surface area contributed by atoms with Crippen molar-refractivity contribution in [2.45, 2.75) is 47.6 Å². The van der Waals surface area contributed by atoms with E-state index < -0.39 is 18.0 Å². The van der Waals surface area contributed by atoms with Crippen molar-refractivity contribution >= 4 is 18.0 Å². The molecule has 2 aliphatic rings. The van der Waals surface area contributed by atoms with E-state index in [2.05, 4.69) is 16.7 Å². The predicted octanol–water partition coefficient (Wildman–Crippen LogP) is 2.29. The summed E-state index contributed by atoms with van der Waals surface area (Å²) in [5, 5.41) is 5.16. The van der Waals surface area contributed by atoms with Crippen LogP contribution >= 0.6 is 0 Å². The van der Waals surface area contributed by atoms with E-state index in [9.17, 15) is 14.4 Å². The maximum atomic E-state index is 12.5. The maximum Gasteiger partial charge on any atom is 0.338 e. The molecule has 1 aliphatic carbocycles. The van der Waals surface area contributed by atoms with E-state index in [4.69, 9.17) is 9.47 Å². The molecule has 0 saturated heterocycles. The van der Waals surface area contributed by atoms with E-state index in [0.717, 1.165) is 5.57 Å². The van der Waals surface area contributed by atoms with Gasteiger partial charge < -0.3 is 20.1 Å². The Bertz CT molecular complexity index is 673. The second-order valence-electron chi connectivity index (χ2n) is 7.61. The maximum absolute atomic E-state index is 12.5. The molecule has 1 aliphatic heterocycles. The zero-order valence-corrected chi connectivity index (χ0v) is 16.3. The predicted molar refractivity (Wildman–Crippen MR) is 95.9 cm³/mol. The standard InChI is InChI=1S/C19H28N2O5/c1-7-25-16(22)14-11(4)20-18(24)21-13(14)9-26-17(23)15-12(8-10(2)3)19(15,5)6/h8,11-12,15H,7,9H2,1-6H3,(H2,20,21,24). The Morgan fingerprint density at radius 2 is 1.88 bits per heavy atom. The van der Waals surface area contributed by atoms with Gasteiger partial charge in [0.25, 0.3) is 0 Å². The van der Waals surface area contributed by atoms with Crippen LogP contribution in [0.4, 0.5) is 4.79 Å². The van der Waals surface area contributed by atoms with Crippen LogP contribution in [-0.4, -0.2) is 37.2 Å². The Balaban J connectivity index is 2.11. The van der Waals surface area contributed by atoms with Gasteiger partial charge in [0.2, 0.25) is 0 Å². The number of ether oxygens (including phenoxy) is 2. The quantitative estimate of drug-likeness (QED) is 0.557. The number of hydrogen-bond donors (Lipinski definition) is 2. The van der Waals surface area contributed by atoms with Crippen molar-refractivity contribution in [3.63, 3.8) is 0 Å². The molecule has 7 heteroatoms. The van der Waals surface area contributed by atoms with E-state index in [0.29, 0.717) is 0 Å². The first-order valence-electron chi connectivity index (χ1n) is 8.88. The van der Waals surface area contributed by atoms with E-state index in [1.807, 2.05) is 27.7 Å². The largest absolute Gasteiger partial charge is 0.463 e. The molecule has 0 bridgehead atoms. The van der Waals surface area contributed by atoms with Crippen LogP contribution in [0.25, 0.3) is 0 Å². The van der Waals surface area contributed by atoms with Crippen LogP contribution in [0.5, 0.6) is 0 Å². The molecule has 2 rings (SSSR count). The average Bonchev–Trinajstić information content (AvgIpc) is 3.04. The molecule has 0 aromatic heterocycles. The monoisotopic (exact) mass is 364 g/mol. The number of hydrogen-bond acceptors (Lipinski definition) is 5. The summed E-state index contributed by atoms with van der Waals surface area (Å²) in [4.78, 5) is 36.4. The molecule has 1 heterocycles. The average molecular weight is 364 g/mol. The topological polar surface area (TPSA) is 93.7 Å². The molecule has 26 heavy (non-hydrogen) atoms. The van der Waals surface area contributed by atoms with E-state index >= 15 is 0 Å². The first-order valence-corrected chi connectivity index (χ1v) is 8.88. The molecular formula is C19H28N2O5. The molecule has 2 N–H and O–H groups in total. The number of amides is 2. The highest BCUT2D eigenvalue weighted by atomic mass is 16.5. The van der Waals surface area contributed by atoms with Gasteiger partial charge in [0, 0.05) is 0 Å². The lowest BCUT2D eigenvalue weighted by molar-refractivity contribution is -0.146. The van der Waals surface area contributed by atoms with Crippen LogP contribution in [-0.2, 0) is 19.1 Å². The lowest BCUT2D eigenvalue weighted by Gasteiger charge is -2.26. The highest BCUT2D eigenvalue weighted by Gasteiger charge is 2.61. The Morgan fingerprint density at radius 1 is 1.23 bits per heavy atom. The summed E-state index contributed by atoms with van der Waals surface area (Å²) < 4.78 is 10.5. The third-order valence-electron chi connectivity index (χ3n) is 4.90. The minimum absolute atomic E-state index is 0.139. The highest BCUT2D eigenvalue weighted by molar-refractivity contribution is 5.94. The number of allylic oxidation sites excluding steroid dienone is 2. The van der Waals surface area contributed by atoms with Crippen molar-refractivity contribution in [2.24, 2.45) is 17.3 Å². The molecule has 7 nitrogen and oxygen atoms in total. The van der Waals surface area contributed by atoms with Crippen LogP contribution in [0.15, 0.2) is 22.9 Å². The normalized spacial score (nSPS) is 26.4. The second kappa shape index (κ2) is 7.51. The first kappa shape index (κ1) is 20.0. The van der Waals surface area contributed by atoms with Gasteiger partial charge >= 0.3 is 18.0 Å². The Hall–Kier alpha value is -2.31. The summed E-state index contributed by atoms with van der Waals surface area (Å²) in [7, 11) is 0. The third kappa shape index (κ3) is 4.08. The molecule has 0 aromatic carbocycles. The zero-order valence-electron chi connectivity index (χ0n) is 16.3. The van der Waals surface area contributed by atoms with Gasteiger partial charge in [0.15, 0.2) is 0 Å². The van der Waals surface area contributed by atoms with Crippen molar-refractivity contribution in [3.05, 3.63) is 22.9 Å². The number of rotatable bonds is 6. The van der Waals surface area contributed by atoms with E-state index in [1.54, 1.807) is 13.8 Å². The smallest absolute Gasteiger partial charge is 0.338 e. The van der Waals surface area contributed by atoms with Crippen LogP contribution in [0.2, 0.25) is 0 Å². The molecule has 3 unspecified atom stereocenters. The Labute approximate surface area is 154 Å². The SMILES string of the molecule is CCOC(=O)C1=C(COC(=O)C2C(C=C(C)C)C2(C)C)NC(=O)NC1C. The van der Waals surface area contributed by atoms with Crippen LogP contribution in [0, 0.1) is 17.3 Å². The molecule has 0 aromatic rings. The van der Waals surface area contributed by atoms with Crippen molar-refractivity contribution in [3.8, 4) is 0 Å². The fourth-order valence-corrected chi connectivity index (χ4v) is 3.42. The molecule has 1 fully saturated rings. The van der Waals surface area contributed by atoms with Crippen LogP contribution in [0.3, 0.4) is 0 Å².